The Morgan fingerprint density at radius 1 is 1.42 bits per heavy atom. The van der Waals surface area contributed by atoms with E-state index in [9.17, 15) is 19.7 Å². The number of ether oxygens (including phenoxy) is 1. The summed E-state index contributed by atoms with van der Waals surface area (Å²) in [5.74, 6) is -1.98. The van der Waals surface area contributed by atoms with Gasteiger partial charge in [0.05, 0.1) is 24.3 Å². The molecule has 1 aromatic heterocycles. The summed E-state index contributed by atoms with van der Waals surface area (Å²) in [5, 5.41) is 19.3. The summed E-state index contributed by atoms with van der Waals surface area (Å²) in [6.45, 7) is 0.746. The molecule has 3 heterocycles. The molecule has 1 amide bonds. The highest BCUT2D eigenvalue weighted by molar-refractivity contribution is 6.43. The summed E-state index contributed by atoms with van der Waals surface area (Å²) in [5.41, 5.74) is 1.12. The Labute approximate surface area is 149 Å². The molecule has 2 aliphatic heterocycles. The van der Waals surface area contributed by atoms with Gasteiger partial charge in [0.2, 0.25) is 0 Å². The first-order chi connectivity index (χ1) is 12.5. The fourth-order valence-electron chi connectivity index (χ4n) is 3.42. The van der Waals surface area contributed by atoms with Crippen LogP contribution >= 0.6 is 0 Å². The number of nitrogens with zero attached hydrogens (tertiary/aromatic N) is 2. The largest absolute Gasteiger partial charge is 0.538 e. The van der Waals surface area contributed by atoms with Crippen LogP contribution in [-0.2, 0) is 14.2 Å². The molecule has 136 valence electrons. The maximum Gasteiger partial charge on any atom is 0.522 e. The van der Waals surface area contributed by atoms with Gasteiger partial charge in [0, 0.05) is 19.3 Å². The Morgan fingerprint density at radius 2 is 2.23 bits per heavy atom. The second-order valence-corrected chi connectivity index (χ2v) is 6.56. The predicted octanol–water partition coefficient (Wildman–Crippen LogP) is 0.0448. The zero-order valence-electron chi connectivity index (χ0n) is 13.9. The van der Waals surface area contributed by atoms with Crippen molar-refractivity contribution >= 4 is 19.0 Å². The van der Waals surface area contributed by atoms with Crippen LogP contribution in [0.5, 0.6) is 0 Å². The third-order valence-electron chi connectivity index (χ3n) is 4.81. The molecule has 0 bridgehead atoms. The van der Waals surface area contributed by atoms with E-state index >= 15 is 0 Å². The number of carbonyl (C=O) groups is 2. The molecule has 2 atom stereocenters. The van der Waals surface area contributed by atoms with Gasteiger partial charge >= 0.3 is 13.1 Å². The van der Waals surface area contributed by atoms with Crippen LogP contribution in [0.2, 0.25) is 6.32 Å². The zero-order valence-corrected chi connectivity index (χ0v) is 13.9. The number of allylic oxidation sites excluding steroid dienone is 2. The van der Waals surface area contributed by atoms with E-state index in [4.69, 9.17) is 9.39 Å². The number of aromatic amines is 1. The number of carboxylic acid groups (broad SMARTS) is 1. The van der Waals surface area contributed by atoms with E-state index in [-0.39, 0.29) is 17.8 Å². The summed E-state index contributed by atoms with van der Waals surface area (Å²) in [6, 6.07) is 0. The third kappa shape index (κ3) is 3.01. The average Bonchev–Trinajstić information content (AvgIpc) is 3.10. The van der Waals surface area contributed by atoms with Crippen LogP contribution in [0.1, 0.15) is 16.9 Å². The Balaban J connectivity index is 1.40. The Hall–Kier alpha value is -2.59. The smallest absolute Gasteiger partial charge is 0.522 e. The standard InChI is InChI=1S/C16H18BN3O6/c21-15(11-5-18-8-19-11)20-6-10(7-20)25-12-2-1-9-3-4-17(24)26-14(9)13(12)16(22)23/h1-2,5,8,10,12-13,24H,3-4,6-7H2,(H,18,19)(H,22,23). The van der Waals surface area contributed by atoms with Crippen molar-refractivity contribution in [2.24, 2.45) is 5.92 Å². The van der Waals surface area contributed by atoms with E-state index in [1.54, 1.807) is 17.1 Å². The maximum atomic E-state index is 12.1. The molecule has 3 N–H and O–H groups in total. The van der Waals surface area contributed by atoms with Gasteiger partial charge in [-0.2, -0.15) is 0 Å². The van der Waals surface area contributed by atoms with Crippen LogP contribution in [-0.4, -0.2) is 69.3 Å². The predicted molar refractivity (Wildman–Crippen MR) is 88.9 cm³/mol. The minimum absolute atomic E-state index is 0.191. The molecular weight excluding hydrogens is 341 g/mol. The van der Waals surface area contributed by atoms with Gasteiger partial charge in [0.15, 0.2) is 0 Å². The number of nitrogens with one attached hydrogen (secondary N) is 1. The molecule has 4 rings (SSSR count). The Kier molecular flexibility index (Phi) is 4.29. The van der Waals surface area contributed by atoms with Gasteiger partial charge in [-0.1, -0.05) is 12.2 Å². The second kappa shape index (κ2) is 6.62. The van der Waals surface area contributed by atoms with Crippen molar-refractivity contribution in [3.8, 4) is 0 Å². The highest BCUT2D eigenvalue weighted by Crippen LogP contribution is 2.36. The first kappa shape index (κ1) is 16.9. The van der Waals surface area contributed by atoms with Crippen molar-refractivity contribution in [1.29, 1.82) is 0 Å². The summed E-state index contributed by atoms with van der Waals surface area (Å²) in [4.78, 5) is 32.2. The molecule has 0 aromatic carbocycles. The topological polar surface area (TPSA) is 125 Å². The average molecular weight is 359 g/mol. The van der Waals surface area contributed by atoms with Gasteiger partial charge in [-0.05, 0) is 18.3 Å². The van der Waals surface area contributed by atoms with E-state index in [2.05, 4.69) is 9.97 Å². The van der Waals surface area contributed by atoms with Gasteiger partial charge in [-0.3, -0.25) is 9.59 Å². The molecular formula is C16H18BN3O6. The monoisotopic (exact) mass is 359 g/mol. The van der Waals surface area contributed by atoms with Gasteiger partial charge in [0.1, 0.15) is 11.6 Å². The van der Waals surface area contributed by atoms with Gasteiger partial charge in [-0.25, -0.2) is 4.98 Å². The van der Waals surface area contributed by atoms with Crippen molar-refractivity contribution in [3.63, 3.8) is 0 Å². The number of imidazole rings is 1. The minimum atomic E-state index is -1.07. The van der Waals surface area contributed by atoms with E-state index < -0.39 is 25.1 Å². The second-order valence-electron chi connectivity index (χ2n) is 6.56. The number of likely N-dealkylation sites (tertiary alicyclic amines) is 1. The fourth-order valence-corrected chi connectivity index (χ4v) is 3.42. The normalized spacial score (nSPS) is 25.6. The number of aliphatic carboxylic acids is 1. The molecule has 0 spiro atoms. The molecule has 0 saturated carbocycles. The number of amides is 1. The van der Waals surface area contributed by atoms with Gasteiger partial charge in [-0.15, -0.1) is 0 Å². The van der Waals surface area contributed by atoms with Crippen LogP contribution in [0.25, 0.3) is 0 Å². The number of hydrogen-bond donors (Lipinski definition) is 3. The van der Waals surface area contributed by atoms with Crippen molar-refractivity contribution < 1.29 is 29.1 Å². The van der Waals surface area contributed by atoms with Gasteiger partial charge < -0.3 is 29.4 Å². The van der Waals surface area contributed by atoms with Crippen LogP contribution in [0, 0.1) is 5.92 Å². The highest BCUT2D eigenvalue weighted by atomic mass is 16.5. The SMILES string of the molecule is O=C(O)C1C2=C(C=CC1OC1CN(C(=O)c3c[nH]cn3)C1)CCB(O)O2. The van der Waals surface area contributed by atoms with E-state index in [1.807, 2.05) is 0 Å². The number of aromatic nitrogens is 2. The van der Waals surface area contributed by atoms with Crippen LogP contribution in [0.4, 0.5) is 0 Å². The molecule has 2 unspecified atom stereocenters. The van der Waals surface area contributed by atoms with Crippen LogP contribution in [0.15, 0.2) is 36.0 Å². The van der Waals surface area contributed by atoms with Crippen molar-refractivity contribution in [1.82, 2.24) is 14.9 Å². The van der Waals surface area contributed by atoms with Gasteiger partial charge in [0.25, 0.3) is 5.91 Å². The lowest BCUT2D eigenvalue weighted by Gasteiger charge is -2.42. The summed E-state index contributed by atoms with van der Waals surface area (Å²) < 4.78 is 11.3. The lowest BCUT2D eigenvalue weighted by Crippen LogP contribution is -2.56. The molecule has 1 fully saturated rings. The molecule has 1 aromatic rings. The highest BCUT2D eigenvalue weighted by Gasteiger charge is 2.43. The molecule has 3 aliphatic rings. The third-order valence-corrected chi connectivity index (χ3v) is 4.81. The van der Waals surface area contributed by atoms with Crippen LogP contribution < -0.4 is 0 Å². The van der Waals surface area contributed by atoms with Crippen molar-refractivity contribution in [2.75, 3.05) is 13.1 Å². The summed E-state index contributed by atoms with van der Waals surface area (Å²) >= 11 is 0. The number of hydrogen-bond acceptors (Lipinski definition) is 6. The molecule has 0 radical (unpaired) electrons. The lowest BCUT2D eigenvalue weighted by atomic mass is 9.75. The van der Waals surface area contributed by atoms with E-state index in [0.717, 1.165) is 5.57 Å². The zero-order chi connectivity index (χ0) is 18.3. The molecule has 9 nitrogen and oxygen atoms in total. The first-order valence-electron chi connectivity index (χ1n) is 8.45. The number of carbonyl (C=O) groups excluding carboxylic acids is 1. The van der Waals surface area contributed by atoms with Crippen molar-refractivity contribution in [3.05, 3.63) is 41.7 Å². The number of rotatable bonds is 4. The lowest BCUT2D eigenvalue weighted by molar-refractivity contribution is -0.150. The number of H-pyrrole nitrogens is 1. The van der Waals surface area contributed by atoms with Crippen molar-refractivity contribution in [2.45, 2.75) is 24.9 Å². The Morgan fingerprint density at radius 3 is 2.92 bits per heavy atom. The quantitative estimate of drug-likeness (QED) is 0.649. The number of carboxylic acids is 1. The first-order valence-corrected chi connectivity index (χ1v) is 8.45. The molecule has 10 heteroatoms. The molecule has 26 heavy (non-hydrogen) atoms. The fraction of sp³-hybridized carbons (Fsp3) is 0.438. The van der Waals surface area contributed by atoms with E-state index in [0.29, 0.717) is 31.5 Å². The maximum absolute atomic E-state index is 12.1. The minimum Gasteiger partial charge on any atom is -0.538 e. The molecule has 1 aliphatic carbocycles. The summed E-state index contributed by atoms with van der Waals surface area (Å²) in [6.07, 6.45) is 6.53. The molecule has 1 saturated heterocycles. The summed E-state index contributed by atoms with van der Waals surface area (Å²) in [7, 11) is -0.992. The van der Waals surface area contributed by atoms with Crippen LogP contribution in [0.3, 0.4) is 0 Å². The van der Waals surface area contributed by atoms with E-state index in [1.165, 1.54) is 12.5 Å². The Bertz CT molecular complexity index is 771.